The molecule has 2 aromatic carbocycles. The molecule has 6 nitrogen and oxygen atoms in total. The first-order chi connectivity index (χ1) is 12.2. The highest BCUT2D eigenvalue weighted by atomic mass is 16.5. The van der Waals surface area contributed by atoms with Gasteiger partial charge in [0.15, 0.2) is 0 Å². The predicted octanol–water partition coefficient (Wildman–Crippen LogP) is 3.32. The molecule has 2 heterocycles. The summed E-state index contributed by atoms with van der Waals surface area (Å²) in [6.07, 6.45) is 0.535. The van der Waals surface area contributed by atoms with Gasteiger partial charge < -0.3 is 14.1 Å². The van der Waals surface area contributed by atoms with Gasteiger partial charge in [-0.25, -0.2) is 9.59 Å². The number of imidazole rings is 1. The van der Waals surface area contributed by atoms with E-state index in [9.17, 15) is 9.59 Å². The minimum atomic E-state index is -0.498. The third kappa shape index (κ3) is 2.94. The van der Waals surface area contributed by atoms with Crippen LogP contribution in [0.25, 0.3) is 22.0 Å². The number of benzene rings is 2. The van der Waals surface area contributed by atoms with E-state index in [1.165, 1.54) is 0 Å². The van der Waals surface area contributed by atoms with Gasteiger partial charge in [0, 0.05) is 11.9 Å². The van der Waals surface area contributed by atoms with Gasteiger partial charge in [-0.15, -0.1) is 0 Å². The average molecular weight is 336 g/mol. The normalized spacial score (nSPS) is 11.2. The minimum Gasteiger partial charge on any atom is -0.460 e. The number of para-hydroxylation sites is 3. The molecule has 0 unspecified atom stereocenters. The second-order valence-electron chi connectivity index (χ2n) is 5.74. The van der Waals surface area contributed by atoms with Crippen LogP contribution in [0.1, 0.15) is 17.0 Å². The van der Waals surface area contributed by atoms with Gasteiger partial charge in [0.1, 0.15) is 5.58 Å². The molecule has 0 amide bonds. The van der Waals surface area contributed by atoms with E-state index in [-0.39, 0.29) is 18.1 Å². The molecule has 2 aromatic heterocycles. The van der Waals surface area contributed by atoms with Gasteiger partial charge in [-0.05, 0) is 30.7 Å². The summed E-state index contributed by atoms with van der Waals surface area (Å²) in [5.41, 5.74) is 2.13. The first kappa shape index (κ1) is 15.3. The maximum atomic E-state index is 12.1. The summed E-state index contributed by atoms with van der Waals surface area (Å²) in [7, 11) is 0. The first-order valence-electron chi connectivity index (χ1n) is 8.05. The summed E-state index contributed by atoms with van der Waals surface area (Å²) in [6.45, 7) is 0.679. The van der Waals surface area contributed by atoms with E-state index in [1.54, 1.807) is 16.7 Å². The molecule has 0 bridgehead atoms. The van der Waals surface area contributed by atoms with Crippen LogP contribution < -0.4 is 5.69 Å². The van der Waals surface area contributed by atoms with Crippen LogP contribution in [0.2, 0.25) is 0 Å². The van der Waals surface area contributed by atoms with Crippen LogP contribution in [0.5, 0.6) is 0 Å². The van der Waals surface area contributed by atoms with E-state index in [4.69, 9.17) is 9.15 Å². The molecule has 25 heavy (non-hydrogen) atoms. The number of aromatic amines is 1. The molecular weight excluding hydrogens is 320 g/mol. The third-order valence-electron chi connectivity index (χ3n) is 4.07. The van der Waals surface area contributed by atoms with Crippen molar-refractivity contribution in [2.75, 3.05) is 6.61 Å². The van der Waals surface area contributed by atoms with Crippen molar-refractivity contribution in [3.63, 3.8) is 0 Å². The topological polar surface area (TPSA) is 77.2 Å². The molecule has 0 aliphatic heterocycles. The number of aryl methyl sites for hydroxylation is 1. The largest absolute Gasteiger partial charge is 0.460 e. The number of fused-ring (bicyclic) bond motifs is 2. The van der Waals surface area contributed by atoms with Crippen molar-refractivity contribution in [3.05, 3.63) is 70.8 Å². The van der Waals surface area contributed by atoms with Crippen LogP contribution in [0.3, 0.4) is 0 Å². The Morgan fingerprint density at radius 3 is 2.80 bits per heavy atom. The van der Waals surface area contributed by atoms with E-state index >= 15 is 0 Å². The van der Waals surface area contributed by atoms with Crippen molar-refractivity contribution in [2.45, 2.75) is 13.0 Å². The number of ether oxygens (including phenoxy) is 1. The maximum Gasteiger partial charge on any atom is 0.374 e. The zero-order valence-corrected chi connectivity index (χ0v) is 13.4. The van der Waals surface area contributed by atoms with Crippen LogP contribution in [-0.2, 0) is 11.3 Å². The number of carbonyl (C=O) groups excluding carboxylic acids is 1. The Morgan fingerprint density at radius 1 is 1.12 bits per heavy atom. The number of rotatable bonds is 5. The zero-order chi connectivity index (χ0) is 17.2. The predicted molar refractivity (Wildman–Crippen MR) is 93.7 cm³/mol. The van der Waals surface area contributed by atoms with E-state index < -0.39 is 5.97 Å². The molecule has 0 atom stereocenters. The molecule has 0 aliphatic rings. The molecule has 1 N–H and O–H groups in total. The summed E-state index contributed by atoms with van der Waals surface area (Å²) in [5, 5.41) is 0.861. The van der Waals surface area contributed by atoms with Crippen molar-refractivity contribution >= 4 is 28.0 Å². The molecule has 0 radical (unpaired) electrons. The lowest BCUT2D eigenvalue weighted by molar-refractivity contribution is 0.0462. The fraction of sp³-hybridized carbons (Fsp3) is 0.158. The van der Waals surface area contributed by atoms with Gasteiger partial charge in [-0.3, -0.25) is 4.57 Å². The summed E-state index contributed by atoms with van der Waals surface area (Å²) in [5.74, 6) is -0.312. The number of nitrogens with zero attached hydrogens (tertiary/aromatic N) is 1. The summed E-state index contributed by atoms with van der Waals surface area (Å²) < 4.78 is 12.4. The van der Waals surface area contributed by atoms with Gasteiger partial charge in [0.05, 0.1) is 17.6 Å². The Hall–Kier alpha value is -3.28. The van der Waals surface area contributed by atoms with E-state index in [1.807, 2.05) is 42.5 Å². The molecule has 0 spiro atoms. The van der Waals surface area contributed by atoms with Crippen LogP contribution in [0.4, 0.5) is 0 Å². The van der Waals surface area contributed by atoms with Gasteiger partial charge in [-0.2, -0.15) is 0 Å². The standard InChI is InChI=1S/C19H16N2O4/c22-18(17-12-13-6-1-4-9-16(13)25-17)24-11-5-10-21-15-8-3-2-7-14(15)20-19(21)23/h1-4,6-9,12H,5,10-11H2,(H,20,23). The van der Waals surface area contributed by atoms with E-state index in [0.29, 0.717) is 18.5 Å². The van der Waals surface area contributed by atoms with Gasteiger partial charge in [0.25, 0.3) is 0 Å². The van der Waals surface area contributed by atoms with Crippen molar-refractivity contribution < 1.29 is 13.9 Å². The Labute approximate surface area is 142 Å². The molecule has 4 rings (SSSR count). The number of hydrogen-bond donors (Lipinski definition) is 1. The number of carbonyl (C=O) groups is 1. The lowest BCUT2D eigenvalue weighted by Gasteiger charge is -2.04. The van der Waals surface area contributed by atoms with Crippen molar-refractivity contribution in [2.24, 2.45) is 0 Å². The van der Waals surface area contributed by atoms with Crippen LogP contribution in [0, 0.1) is 0 Å². The second-order valence-corrected chi connectivity index (χ2v) is 5.74. The minimum absolute atomic E-state index is 0.162. The zero-order valence-electron chi connectivity index (χ0n) is 13.4. The first-order valence-corrected chi connectivity index (χ1v) is 8.05. The number of aromatic nitrogens is 2. The number of furan rings is 1. The summed E-state index contributed by atoms with van der Waals surface area (Å²) in [6, 6.07) is 16.6. The van der Waals surface area contributed by atoms with Crippen LogP contribution >= 0.6 is 0 Å². The van der Waals surface area contributed by atoms with Crippen molar-refractivity contribution in [1.82, 2.24) is 9.55 Å². The Bertz CT molecular complexity index is 1070. The van der Waals surface area contributed by atoms with Crippen LogP contribution in [-0.4, -0.2) is 22.1 Å². The fourth-order valence-electron chi connectivity index (χ4n) is 2.87. The van der Waals surface area contributed by atoms with Gasteiger partial charge >= 0.3 is 11.7 Å². The third-order valence-corrected chi connectivity index (χ3v) is 4.07. The molecular formula is C19H16N2O4. The Kier molecular flexibility index (Phi) is 3.85. The molecule has 0 fully saturated rings. The van der Waals surface area contributed by atoms with Crippen molar-refractivity contribution in [1.29, 1.82) is 0 Å². The molecule has 0 saturated carbocycles. The van der Waals surface area contributed by atoms with Gasteiger partial charge in [-0.1, -0.05) is 30.3 Å². The smallest absolute Gasteiger partial charge is 0.374 e. The molecule has 6 heteroatoms. The average Bonchev–Trinajstić information content (AvgIpc) is 3.19. The number of H-pyrrole nitrogens is 1. The number of esters is 1. The molecule has 0 saturated heterocycles. The summed E-state index contributed by atoms with van der Waals surface area (Å²) >= 11 is 0. The highest BCUT2D eigenvalue weighted by Gasteiger charge is 2.13. The van der Waals surface area contributed by atoms with Crippen molar-refractivity contribution in [3.8, 4) is 0 Å². The Morgan fingerprint density at radius 2 is 1.92 bits per heavy atom. The number of hydrogen-bond acceptors (Lipinski definition) is 4. The fourth-order valence-corrected chi connectivity index (χ4v) is 2.87. The molecule has 0 aliphatic carbocycles. The highest BCUT2D eigenvalue weighted by molar-refractivity contribution is 5.92. The maximum absolute atomic E-state index is 12.1. The molecule has 126 valence electrons. The number of nitrogens with one attached hydrogen (secondary N) is 1. The van der Waals surface area contributed by atoms with E-state index in [0.717, 1.165) is 16.4 Å². The molecule has 4 aromatic rings. The monoisotopic (exact) mass is 336 g/mol. The quantitative estimate of drug-likeness (QED) is 0.448. The lowest BCUT2D eigenvalue weighted by atomic mass is 10.2. The lowest BCUT2D eigenvalue weighted by Crippen LogP contribution is -2.18. The summed E-state index contributed by atoms with van der Waals surface area (Å²) in [4.78, 5) is 26.8. The van der Waals surface area contributed by atoms with Crippen LogP contribution in [0.15, 0.2) is 63.8 Å². The second kappa shape index (κ2) is 6.32. The highest BCUT2D eigenvalue weighted by Crippen LogP contribution is 2.19. The van der Waals surface area contributed by atoms with E-state index in [2.05, 4.69) is 4.98 Å². The van der Waals surface area contributed by atoms with Gasteiger partial charge in [0.2, 0.25) is 5.76 Å². The Balaban J connectivity index is 1.38. The SMILES string of the molecule is O=C(OCCCn1c(=O)[nH]c2ccccc21)c1cc2ccccc2o1.